The molecule has 23 heavy (non-hydrogen) atoms. The summed E-state index contributed by atoms with van der Waals surface area (Å²) in [4.78, 5) is 6.37. The van der Waals surface area contributed by atoms with Gasteiger partial charge in [-0.25, -0.2) is 0 Å². The van der Waals surface area contributed by atoms with Gasteiger partial charge in [-0.05, 0) is 55.7 Å². The van der Waals surface area contributed by atoms with E-state index in [4.69, 9.17) is 0 Å². The first-order chi connectivity index (χ1) is 11.2. The lowest BCUT2D eigenvalue weighted by Crippen LogP contribution is -2.23. The second-order valence-corrected chi connectivity index (χ2v) is 5.03. The van der Waals surface area contributed by atoms with Crippen LogP contribution >= 0.6 is 0 Å². The van der Waals surface area contributed by atoms with Crippen LogP contribution in [0.1, 0.15) is 37.6 Å². The summed E-state index contributed by atoms with van der Waals surface area (Å²) in [5.74, 6) is 0. The molecule has 2 nitrogen and oxygen atoms in total. The summed E-state index contributed by atoms with van der Waals surface area (Å²) in [7, 11) is 0. The summed E-state index contributed by atoms with van der Waals surface area (Å²) in [6, 6.07) is 12.2. The first kappa shape index (κ1) is 18.7. The molecule has 0 bridgehead atoms. The molecule has 0 aliphatic carbocycles. The predicted molar refractivity (Wildman–Crippen MR) is 104 cm³/mol. The van der Waals surface area contributed by atoms with Crippen molar-refractivity contribution in [2.75, 3.05) is 18.0 Å². The van der Waals surface area contributed by atoms with E-state index in [1.54, 1.807) is 12.3 Å². The van der Waals surface area contributed by atoms with Crippen LogP contribution in [0, 0.1) is 0 Å². The van der Waals surface area contributed by atoms with Crippen LogP contribution in [-0.2, 0) is 6.42 Å². The summed E-state index contributed by atoms with van der Waals surface area (Å²) in [6.07, 6.45) is 6.48. The Morgan fingerprint density at radius 1 is 0.957 bits per heavy atom. The highest BCUT2D eigenvalue weighted by molar-refractivity contribution is 5.64. The van der Waals surface area contributed by atoms with Gasteiger partial charge in [-0.1, -0.05) is 44.4 Å². The monoisotopic (exact) mass is 308 g/mol. The molecule has 0 spiro atoms. The van der Waals surface area contributed by atoms with Gasteiger partial charge in [-0.15, -0.1) is 0 Å². The normalized spacial score (nSPS) is 9.52. The van der Waals surface area contributed by atoms with Crippen molar-refractivity contribution in [1.82, 2.24) is 4.98 Å². The van der Waals surface area contributed by atoms with Gasteiger partial charge in [-0.2, -0.15) is 0 Å². The highest BCUT2D eigenvalue weighted by Crippen LogP contribution is 2.25. The second kappa shape index (κ2) is 10.4. The van der Waals surface area contributed by atoms with Crippen molar-refractivity contribution in [3.05, 3.63) is 72.6 Å². The molecule has 0 aliphatic heterocycles. The number of pyridine rings is 1. The third kappa shape index (κ3) is 5.41. The minimum absolute atomic E-state index is 0.924. The zero-order valence-corrected chi connectivity index (χ0v) is 14.6. The topological polar surface area (TPSA) is 16.1 Å². The van der Waals surface area contributed by atoms with Crippen LogP contribution in [0.15, 0.2) is 55.8 Å². The van der Waals surface area contributed by atoms with Gasteiger partial charge in [-0.3, -0.25) is 4.98 Å². The minimum Gasteiger partial charge on any atom is -0.372 e. The Morgan fingerprint density at radius 2 is 1.70 bits per heavy atom. The van der Waals surface area contributed by atoms with E-state index in [0.717, 1.165) is 25.2 Å². The van der Waals surface area contributed by atoms with Gasteiger partial charge in [0.15, 0.2) is 0 Å². The number of aromatic nitrogens is 1. The maximum absolute atomic E-state index is 3.98. The van der Waals surface area contributed by atoms with Gasteiger partial charge in [0.2, 0.25) is 0 Å². The van der Waals surface area contributed by atoms with Crippen molar-refractivity contribution in [2.45, 2.75) is 27.2 Å². The second-order valence-electron chi connectivity index (χ2n) is 5.03. The molecular formula is C21H28N2. The highest BCUT2D eigenvalue weighted by atomic mass is 15.1. The van der Waals surface area contributed by atoms with Crippen LogP contribution in [0.2, 0.25) is 0 Å². The van der Waals surface area contributed by atoms with E-state index >= 15 is 0 Å². The van der Waals surface area contributed by atoms with Gasteiger partial charge >= 0.3 is 0 Å². The number of hydrogen-bond donors (Lipinski definition) is 0. The van der Waals surface area contributed by atoms with Gasteiger partial charge < -0.3 is 4.90 Å². The molecule has 0 unspecified atom stereocenters. The van der Waals surface area contributed by atoms with Crippen LogP contribution < -0.4 is 4.90 Å². The van der Waals surface area contributed by atoms with E-state index in [9.17, 15) is 0 Å². The number of benzene rings is 1. The standard InChI is InChI=1S/C14H21N.C7H7N/c1-5-12-10-9-11-14(13(12)6-2)15(7-3)8-4;1-2-7-5-3-4-6-8-7/h5,9-11H,1,6-8H2,2-4H3;2-6H,1H2. The molecule has 1 aromatic heterocycles. The Bertz CT molecular complexity index is 598. The molecule has 1 aromatic carbocycles. The maximum Gasteiger partial charge on any atom is 0.0623 e. The lowest BCUT2D eigenvalue weighted by atomic mass is 10.0. The zero-order valence-electron chi connectivity index (χ0n) is 14.6. The molecule has 122 valence electrons. The lowest BCUT2D eigenvalue weighted by Gasteiger charge is -2.25. The fourth-order valence-corrected chi connectivity index (χ4v) is 2.53. The number of hydrogen-bond acceptors (Lipinski definition) is 2. The first-order valence-corrected chi connectivity index (χ1v) is 8.24. The Hall–Kier alpha value is -2.35. The molecule has 0 N–H and O–H groups in total. The summed E-state index contributed by atoms with van der Waals surface area (Å²) in [5, 5.41) is 0. The van der Waals surface area contributed by atoms with E-state index in [1.165, 1.54) is 16.8 Å². The Morgan fingerprint density at radius 3 is 2.13 bits per heavy atom. The van der Waals surface area contributed by atoms with Crippen molar-refractivity contribution >= 4 is 17.8 Å². The molecule has 2 rings (SSSR count). The molecule has 2 heteroatoms. The molecule has 0 atom stereocenters. The van der Waals surface area contributed by atoms with E-state index in [1.807, 2.05) is 24.3 Å². The average molecular weight is 308 g/mol. The molecular weight excluding hydrogens is 280 g/mol. The largest absolute Gasteiger partial charge is 0.372 e. The predicted octanol–water partition coefficient (Wildman–Crippen LogP) is 5.46. The van der Waals surface area contributed by atoms with E-state index in [-0.39, 0.29) is 0 Å². The first-order valence-electron chi connectivity index (χ1n) is 8.24. The van der Waals surface area contributed by atoms with Gasteiger partial charge in [0.05, 0.1) is 5.69 Å². The molecule has 0 saturated carbocycles. The Balaban J connectivity index is 0.000000277. The highest BCUT2D eigenvalue weighted by Gasteiger charge is 2.08. The van der Waals surface area contributed by atoms with Crippen LogP contribution in [0.3, 0.4) is 0 Å². The molecule has 0 fully saturated rings. The smallest absolute Gasteiger partial charge is 0.0623 e. The zero-order chi connectivity index (χ0) is 17.1. The molecule has 0 amide bonds. The maximum atomic E-state index is 3.98. The number of anilines is 1. The molecule has 2 aromatic rings. The van der Waals surface area contributed by atoms with Crippen molar-refractivity contribution in [1.29, 1.82) is 0 Å². The molecule has 0 radical (unpaired) electrons. The van der Waals surface area contributed by atoms with Crippen molar-refractivity contribution in [3.63, 3.8) is 0 Å². The third-order valence-electron chi connectivity index (χ3n) is 3.76. The van der Waals surface area contributed by atoms with Gasteiger partial charge in [0.1, 0.15) is 0 Å². The minimum atomic E-state index is 0.924. The Labute approximate surface area is 141 Å². The quantitative estimate of drug-likeness (QED) is 0.704. The van der Waals surface area contributed by atoms with Crippen LogP contribution in [0.4, 0.5) is 5.69 Å². The summed E-state index contributed by atoms with van der Waals surface area (Å²) in [5.41, 5.74) is 4.96. The molecule has 0 aliphatic rings. The third-order valence-corrected chi connectivity index (χ3v) is 3.76. The molecule has 1 heterocycles. The Kier molecular flexibility index (Phi) is 8.45. The van der Waals surface area contributed by atoms with Crippen LogP contribution in [0.5, 0.6) is 0 Å². The van der Waals surface area contributed by atoms with Crippen LogP contribution in [-0.4, -0.2) is 18.1 Å². The summed E-state index contributed by atoms with van der Waals surface area (Å²) < 4.78 is 0. The SMILES string of the molecule is C=Cc1cccc(N(CC)CC)c1CC.C=Cc1ccccn1. The molecule has 0 saturated heterocycles. The van der Waals surface area contributed by atoms with Crippen molar-refractivity contribution in [3.8, 4) is 0 Å². The summed E-state index contributed by atoms with van der Waals surface area (Å²) in [6.45, 7) is 16.2. The van der Waals surface area contributed by atoms with Crippen molar-refractivity contribution < 1.29 is 0 Å². The average Bonchev–Trinajstić information content (AvgIpc) is 2.63. The van der Waals surface area contributed by atoms with E-state index < -0.39 is 0 Å². The van der Waals surface area contributed by atoms with E-state index in [0.29, 0.717) is 0 Å². The lowest BCUT2D eigenvalue weighted by molar-refractivity contribution is 0.855. The van der Waals surface area contributed by atoms with Gasteiger partial charge in [0.25, 0.3) is 0 Å². The number of rotatable bonds is 6. The van der Waals surface area contributed by atoms with Crippen molar-refractivity contribution in [2.24, 2.45) is 0 Å². The summed E-state index contributed by atoms with van der Waals surface area (Å²) >= 11 is 0. The fourth-order valence-electron chi connectivity index (χ4n) is 2.53. The van der Waals surface area contributed by atoms with E-state index in [2.05, 4.69) is 62.0 Å². The fraction of sp³-hybridized carbons (Fsp3) is 0.286. The van der Waals surface area contributed by atoms with Crippen LogP contribution in [0.25, 0.3) is 12.2 Å². The van der Waals surface area contributed by atoms with Gasteiger partial charge in [0, 0.05) is 25.0 Å². The number of nitrogens with zero attached hydrogens (tertiary/aromatic N) is 2.